The third-order valence-corrected chi connectivity index (χ3v) is 8.54. The molecule has 0 radical (unpaired) electrons. The van der Waals surface area contributed by atoms with E-state index in [9.17, 15) is 4.79 Å². The fourth-order valence-electron chi connectivity index (χ4n) is 7.36. The van der Waals surface area contributed by atoms with Crippen molar-refractivity contribution in [3.05, 3.63) is 79.1 Å². The van der Waals surface area contributed by atoms with E-state index in [0.717, 1.165) is 59.6 Å². The number of benzene rings is 2. The second kappa shape index (κ2) is 7.56. The third-order valence-electron chi connectivity index (χ3n) is 8.54. The lowest BCUT2D eigenvalue weighted by Crippen LogP contribution is -2.51. The van der Waals surface area contributed by atoms with Crippen molar-refractivity contribution >= 4 is 17.2 Å². The van der Waals surface area contributed by atoms with Crippen LogP contribution in [-0.2, 0) is 4.79 Å². The van der Waals surface area contributed by atoms with Crippen LogP contribution in [-0.4, -0.2) is 15.3 Å². The lowest BCUT2D eigenvalue weighted by molar-refractivity contribution is -0.140. The van der Waals surface area contributed by atoms with Gasteiger partial charge in [0.15, 0.2) is 5.65 Å². The summed E-state index contributed by atoms with van der Waals surface area (Å²) in [6.07, 6.45) is 11.3. The van der Waals surface area contributed by atoms with Crippen LogP contribution in [0.4, 0.5) is 5.69 Å². The van der Waals surface area contributed by atoms with Crippen LogP contribution in [0.5, 0.6) is 0 Å². The van der Waals surface area contributed by atoms with E-state index in [1.807, 2.05) is 35.0 Å². The second-order valence-electron chi connectivity index (χ2n) is 10.9. The maximum Gasteiger partial charge on any atom is 0.230 e. The van der Waals surface area contributed by atoms with Gasteiger partial charge in [-0.1, -0.05) is 54.6 Å². The molecule has 2 aromatic heterocycles. The van der Waals surface area contributed by atoms with E-state index in [-0.39, 0.29) is 11.3 Å². The van der Waals surface area contributed by atoms with Gasteiger partial charge in [-0.25, -0.2) is 4.98 Å². The molecule has 2 heterocycles. The van der Waals surface area contributed by atoms with Crippen molar-refractivity contribution in [1.82, 2.24) is 9.38 Å². The largest absolute Gasteiger partial charge is 0.322 e. The van der Waals surface area contributed by atoms with E-state index in [1.54, 1.807) is 0 Å². The van der Waals surface area contributed by atoms with Crippen molar-refractivity contribution in [3.63, 3.8) is 0 Å². The number of fused-ring (bicyclic) bond motifs is 1. The Labute approximate surface area is 200 Å². The maximum atomic E-state index is 13.6. The summed E-state index contributed by atoms with van der Waals surface area (Å²) in [6.45, 7) is 0. The predicted octanol–water partition coefficient (Wildman–Crippen LogP) is 6.82. The summed E-state index contributed by atoms with van der Waals surface area (Å²) < 4.78 is 2.02. The first-order valence-electron chi connectivity index (χ1n) is 12.6. The Bertz CT molecular complexity index is 1330. The summed E-state index contributed by atoms with van der Waals surface area (Å²) in [4.78, 5) is 18.5. The van der Waals surface area contributed by atoms with Gasteiger partial charge in [-0.2, -0.15) is 0 Å². The zero-order valence-corrected chi connectivity index (χ0v) is 19.3. The molecule has 0 spiro atoms. The molecule has 1 N–H and O–H groups in total. The molecule has 4 saturated carbocycles. The van der Waals surface area contributed by atoms with Gasteiger partial charge < -0.3 is 9.72 Å². The molecule has 4 bridgehead atoms. The number of hydrogen-bond donors (Lipinski definition) is 1. The Morgan fingerprint density at radius 2 is 1.41 bits per heavy atom. The summed E-state index contributed by atoms with van der Waals surface area (Å²) in [5, 5.41) is 3.32. The molecule has 1 amide bonds. The van der Waals surface area contributed by atoms with Gasteiger partial charge in [-0.3, -0.25) is 4.79 Å². The lowest BCUT2D eigenvalue weighted by Gasteiger charge is -2.55. The number of nitrogens with zero attached hydrogens (tertiary/aromatic N) is 2. The maximum absolute atomic E-state index is 13.6. The number of imidazole rings is 1. The quantitative estimate of drug-likeness (QED) is 0.373. The van der Waals surface area contributed by atoms with Crippen molar-refractivity contribution < 1.29 is 4.79 Å². The van der Waals surface area contributed by atoms with Crippen molar-refractivity contribution in [2.45, 2.75) is 38.5 Å². The fraction of sp³-hybridized carbons (Fsp3) is 0.333. The normalized spacial score (nSPS) is 27.2. The van der Waals surface area contributed by atoms with Crippen LogP contribution in [0.15, 0.2) is 79.1 Å². The third kappa shape index (κ3) is 3.27. The van der Waals surface area contributed by atoms with Crippen LogP contribution in [0.25, 0.3) is 28.0 Å². The number of aromatic nitrogens is 2. The minimum absolute atomic E-state index is 0.162. The summed E-state index contributed by atoms with van der Waals surface area (Å²) >= 11 is 0. The van der Waals surface area contributed by atoms with Crippen molar-refractivity contribution in [1.29, 1.82) is 0 Å². The van der Waals surface area contributed by atoms with Crippen molar-refractivity contribution in [2.24, 2.45) is 23.2 Å². The van der Waals surface area contributed by atoms with Gasteiger partial charge in [-0.15, -0.1) is 0 Å². The first kappa shape index (κ1) is 20.0. The van der Waals surface area contributed by atoms with Crippen LogP contribution in [0.2, 0.25) is 0 Å². The van der Waals surface area contributed by atoms with Crippen molar-refractivity contribution in [2.75, 3.05) is 5.32 Å². The van der Waals surface area contributed by atoms with Gasteiger partial charge in [0.05, 0.1) is 16.8 Å². The van der Waals surface area contributed by atoms with Crippen LogP contribution in [0.3, 0.4) is 0 Å². The highest BCUT2D eigenvalue weighted by Gasteiger charge is 2.54. The van der Waals surface area contributed by atoms with E-state index >= 15 is 0 Å². The van der Waals surface area contributed by atoms with Crippen LogP contribution >= 0.6 is 0 Å². The van der Waals surface area contributed by atoms with E-state index in [4.69, 9.17) is 4.98 Å². The number of carbonyl (C=O) groups excluding carboxylic acids is 1. The number of nitrogens with one attached hydrogen (secondary N) is 1. The molecule has 4 aliphatic rings. The first-order chi connectivity index (χ1) is 16.6. The highest BCUT2D eigenvalue weighted by molar-refractivity contribution is 5.98. The van der Waals surface area contributed by atoms with E-state index in [2.05, 4.69) is 53.8 Å². The lowest BCUT2D eigenvalue weighted by atomic mass is 9.49. The van der Waals surface area contributed by atoms with Gasteiger partial charge in [-0.05, 0) is 79.5 Å². The molecular formula is C30H29N3O. The molecule has 4 aliphatic carbocycles. The Morgan fingerprint density at radius 3 is 2.09 bits per heavy atom. The molecule has 4 nitrogen and oxygen atoms in total. The van der Waals surface area contributed by atoms with Gasteiger partial charge in [0, 0.05) is 18.0 Å². The SMILES string of the molecule is O=C(Nc1cccn2cc(-c3ccc(-c4ccccc4)cc3)nc12)C12CC3CC(CC(C3)C1)C2. The summed E-state index contributed by atoms with van der Waals surface area (Å²) in [5.74, 6) is 2.48. The minimum Gasteiger partial charge on any atom is -0.322 e. The number of anilines is 1. The molecule has 0 aliphatic heterocycles. The average molecular weight is 448 g/mol. The summed E-state index contributed by atoms with van der Waals surface area (Å²) in [6, 6.07) is 22.9. The highest BCUT2D eigenvalue weighted by atomic mass is 16.2. The first-order valence-corrected chi connectivity index (χ1v) is 12.6. The zero-order valence-electron chi connectivity index (χ0n) is 19.3. The Balaban J connectivity index is 1.17. The molecule has 4 heteroatoms. The molecule has 0 atom stereocenters. The molecule has 0 saturated heterocycles. The minimum atomic E-state index is -0.162. The number of hydrogen-bond acceptors (Lipinski definition) is 2. The molecule has 8 rings (SSSR count). The second-order valence-corrected chi connectivity index (χ2v) is 10.9. The topological polar surface area (TPSA) is 46.4 Å². The van der Waals surface area contributed by atoms with Gasteiger partial charge >= 0.3 is 0 Å². The average Bonchev–Trinajstić information content (AvgIpc) is 3.29. The zero-order chi connectivity index (χ0) is 22.7. The Hall–Kier alpha value is -3.40. The number of amides is 1. The van der Waals surface area contributed by atoms with Gasteiger partial charge in [0.2, 0.25) is 5.91 Å². The monoisotopic (exact) mass is 447 g/mol. The Morgan fingerprint density at radius 1 is 0.794 bits per heavy atom. The van der Waals surface area contributed by atoms with Crippen LogP contribution < -0.4 is 5.32 Å². The molecule has 0 unspecified atom stereocenters. The van der Waals surface area contributed by atoms with E-state index in [0.29, 0.717) is 0 Å². The molecule has 2 aromatic carbocycles. The van der Waals surface area contributed by atoms with Gasteiger partial charge in [0.25, 0.3) is 0 Å². The summed E-state index contributed by atoms with van der Waals surface area (Å²) in [7, 11) is 0. The molecule has 34 heavy (non-hydrogen) atoms. The molecule has 170 valence electrons. The van der Waals surface area contributed by atoms with Crippen LogP contribution in [0, 0.1) is 23.2 Å². The molecular weight excluding hydrogens is 418 g/mol. The van der Waals surface area contributed by atoms with Crippen molar-refractivity contribution in [3.8, 4) is 22.4 Å². The van der Waals surface area contributed by atoms with Gasteiger partial charge in [0.1, 0.15) is 0 Å². The highest BCUT2D eigenvalue weighted by Crippen LogP contribution is 2.60. The smallest absolute Gasteiger partial charge is 0.230 e. The van der Waals surface area contributed by atoms with Crippen LogP contribution in [0.1, 0.15) is 38.5 Å². The van der Waals surface area contributed by atoms with E-state index < -0.39 is 0 Å². The molecule has 4 aromatic rings. The number of pyridine rings is 1. The Kier molecular flexibility index (Phi) is 4.45. The predicted molar refractivity (Wildman–Crippen MR) is 135 cm³/mol. The standard InChI is InChI=1S/C30H29N3O/c34-29(30-16-20-13-21(17-30)15-22(14-20)18-30)32-26-7-4-12-33-19-27(31-28(26)33)25-10-8-24(9-11-25)23-5-2-1-3-6-23/h1-12,19-22H,13-18H2,(H,32,34). The molecule has 4 fully saturated rings. The summed E-state index contributed by atoms with van der Waals surface area (Å²) in [5.41, 5.74) is 5.84. The number of rotatable bonds is 4. The number of carbonyl (C=O) groups is 1. The van der Waals surface area contributed by atoms with E-state index in [1.165, 1.54) is 30.4 Å². The fourth-order valence-corrected chi connectivity index (χ4v) is 7.36.